The number of aryl methyl sites for hydroxylation is 3. The van der Waals surface area contributed by atoms with Crippen LogP contribution >= 0.6 is 0 Å². The Morgan fingerprint density at radius 1 is 1.36 bits per heavy atom. The zero-order valence-electron chi connectivity index (χ0n) is 15.5. The number of hydrogen-bond donors (Lipinski definition) is 1. The Hall–Kier alpha value is -2.30. The molecule has 0 fully saturated rings. The molecule has 1 amide bonds. The maximum absolute atomic E-state index is 12.2. The number of amides is 1. The molecule has 1 atom stereocenters. The normalized spacial score (nSPS) is 16.6. The molecular formula is C20H27N3O2. The van der Waals surface area contributed by atoms with Crippen LogP contribution in [0.4, 0.5) is 0 Å². The Balaban J connectivity index is 1.55. The zero-order chi connectivity index (χ0) is 18.0. The van der Waals surface area contributed by atoms with E-state index in [0.717, 1.165) is 25.0 Å². The number of nitrogens with one attached hydrogen (secondary N) is 1. The molecule has 2 aromatic rings. The second kappa shape index (κ2) is 7.30. The molecule has 0 aliphatic heterocycles. The molecule has 134 valence electrons. The summed E-state index contributed by atoms with van der Waals surface area (Å²) in [7, 11) is 0. The predicted octanol–water partition coefficient (Wildman–Crippen LogP) is 3.13. The first-order valence-corrected chi connectivity index (χ1v) is 8.98. The van der Waals surface area contributed by atoms with Gasteiger partial charge in [0.15, 0.2) is 6.61 Å². The van der Waals surface area contributed by atoms with Gasteiger partial charge in [0.25, 0.3) is 5.91 Å². The minimum atomic E-state index is -0.0673. The fraction of sp³-hybridized carbons (Fsp3) is 0.500. The number of rotatable bonds is 5. The topological polar surface area (TPSA) is 56.1 Å². The number of fused-ring (bicyclic) bond motifs is 1. The average Bonchev–Trinajstić information content (AvgIpc) is 2.99. The van der Waals surface area contributed by atoms with E-state index in [2.05, 4.69) is 35.9 Å². The van der Waals surface area contributed by atoms with Gasteiger partial charge in [-0.1, -0.05) is 6.07 Å². The Kier molecular flexibility index (Phi) is 5.11. The van der Waals surface area contributed by atoms with Crippen molar-refractivity contribution in [2.75, 3.05) is 6.61 Å². The summed E-state index contributed by atoms with van der Waals surface area (Å²) >= 11 is 0. The monoisotopic (exact) mass is 341 g/mol. The molecule has 0 saturated carbocycles. The van der Waals surface area contributed by atoms with E-state index in [4.69, 9.17) is 4.74 Å². The number of nitrogens with zero attached hydrogens (tertiary/aromatic N) is 2. The molecule has 0 bridgehead atoms. The summed E-state index contributed by atoms with van der Waals surface area (Å²) in [5, 5.41) is 7.59. The van der Waals surface area contributed by atoms with Crippen molar-refractivity contribution in [2.45, 2.75) is 59.0 Å². The van der Waals surface area contributed by atoms with Crippen LogP contribution in [0.25, 0.3) is 0 Å². The number of hydrogen-bond acceptors (Lipinski definition) is 3. The molecule has 1 heterocycles. The summed E-state index contributed by atoms with van der Waals surface area (Å²) in [5.74, 6) is 0.671. The first-order valence-electron chi connectivity index (χ1n) is 8.98. The Labute approximate surface area is 149 Å². The van der Waals surface area contributed by atoms with Crippen LogP contribution in [0.2, 0.25) is 0 Å². The number of ether oxygens (including phenoxy) is 1. The van der Waals surface area contributed by atoms with Crippen molar-refractivity contribution < 1.29 is 9.53 Å². The molecule has 25 heavy (non-hydrogen) atoms. The van der Waals surface area contributed by atoms with Crippen LogP contribution in [0.5, 0.6) is 5.75 Å². The molecular weight excluding hydrogens is 314 g/mol. The van der Waals surface area contributed by atoms with Crippen molar-refractivity contribution in [1.29, 1.82) is 0 Å². The molecule has 1 aromatic carbocycles. The van der Waals surface area contributed by atoms with Gasteiger partial charge in [0.1, 0.15) is 5.75 Å². The predicted molar refractivity (Wildman–Crippen MR) is 98.0 cm³/mol. The van der Waals surface area contributed by atoms with Crippen LogP contribution in [0.15, 0.2) is 24.4 Å². The van der Waals surface area contributed by atoms with Gasteiger partial charge in [-0.25, -0.2) is 0 Å². The fourth-order valence-corrected chi connectivity index (χ4v) is 3.31. The van der Waals surface area contributed by atoms with E-state index in [9.17, 15) is 4.79 Å². The number of benzene rings is 1. The maximum atomic E-state index is 12.2. The third-order valence-corrected chi connectivity index (χ3v) is 4.89. The molecule has 1 aromatic heterocycles. The number of carbonyl (C=O) groups excluding carboxylic acids is 1. The number of carbonyl (C=O) groups is 1. The fourth-order valence-electron chi connectivity index (χ4n) is 3.31. The summed E-state index contributed by atoms with van der Waals surface area (Å²) < 4.78 is 7.70. The quantitative estimate of drug-likeness (QED) is 0.909. The summed E-state index contributed by atoms with van der Waals surface area (Å²) in [6.07, 6.45) is 4.72. The summed E-state index contributed by atoms with van der Waals surface area (Å²) in [6, 6.07) is 6.38. The molecule has 1 aliphatic rings. The average molecular weight is 341 g/mol. The van der Waals surface area contributed by atoms with Gasteiger partial charge in [-0.05, 0) is 69.4 Å². The first kappa shape index (κ1) is 17.5. The second-order valence-corrected chi connectivity index (χ2v) is 7.20. The number of aromatic nitrogens is 2. The molecule has 1 unspecified atom stereocenters. The lowest BCUT2D eigenvalue weighted by Gasteiger charge is -2.25. The van der Waals surface area contributed by atoms with E-state index in [1.807, 2.05) is 31.3 Å². The van der Waals surface area contributed by atoms with E-state index in [1.54, 1.807) is 0 Å². The van der Waals surface area contributed by atoms with E-state index >= 15 is 0 Å². The van der Waals surface area contributed by atoms with E-state index in [-0.39, 0.29) is 18.6 Å². The Bertz CT molecular complexity index is 764. The van der Waals surface area contributed by atoms with Gasteiger partial charge in [-0.2, -0.15) is 5.10 Å². The van der Waals surface area contributed by atoms with Gasteiger partial charge in [0.2, 0.25) is 0 Å². The van der Waals surface area contributed by atoms with Gasteiger partial charge < -0.3 is 10.1 Å². The maximum Gasteiger partial charge on any atom is 0.258 e. The molecule has 0 spiro atoms. The highest BCUT2D eigenvalue weighted by Gasteiger charge is 2.24. The van der Waals surface area contributed by atoms with Gasteiger partial charge >= 0.3 is 0 Å². The SMILES string of the molecule is Cc1ccc(OCC(=O)NC2CCc3cnn(C(C)C)c3C2)cc1C. The van der Waals surface area contributed by atoms with Crippen LogP contribution in [-0.2, 0) is 17.6 Å². The Morgan fingerprint density at radius 3 is 2.88 bits per heavy atom. The van der Waals surface area contributed by atoms with Crippen LogP contribution in [0, 0.1) is 13.8 Å². The van der Waals surface area contributed by atoms with Crippen molar-refractivity contribution in [2.24, 2.45) is 0 Å². The lowest BCUT2D eigenvalue weighted by molar-refractivity contribution is -0.123. The summed E-state index contributed by atoms with van der Waals surface area (Å²) in [5.41, 5.74) is 4.95. The second-order valence-electron chi connectivity index (χ2n) is 7.20. The van der Waals surface area contributed by atoms with Crippen molar-refractivity contribution in [1.82, 2.24) is 15.1 Å². The molecule has 1 N–H and O–H groups in total. The lowest BCUT2D eigenvalue weighted by Crippen LogP contribution is -2.41. The zero-order valence-corrected chi connectivity index (χ0v) is 15.5. The van der Waals surface area contributed by atoms with Gasteiger partial charge in [-0.15, -0.1) is 0 Å². The summed E-state index contributed by atoms with van der Waals surface area (Å²) in [6.45, 7) is 8.42. The molecule has 5 nitrogen and oxygen atoms in total. The van der Waals surface area contributed by atoms with Gasteiger partial charge in [-0.3, -0.25) is 9.48 Å². The van der Waals surface area contributed by atoms with Crippen LogP contribution in [0.1, 0.15) is 48.7 Å². The van der Waals surface area contributed by atoms with Crippen molar-refractivity contribution >= 4 is 5.91 Å². The van der Waals surface area contributed by atoms with Crippen LogP contribution in [0.3, 0.4) is 0 Å². The van der Waals surface area contributed by atoms with Crippen LogP contribution < -0.4 is 10.1 Å². The van der Waals surface area contributed by atoms with E-state index < -0.39 is 0 Å². The highest BCUT2D eigenvalue weighted by atomic mass is 16.5. The van der Waals surface area contributed by atoms with E-state index in [0.29, 0.717) is 6.04 Å². The highest BCUT2D eigenvalue weighted by molar-refractivity contribution is 5.77. The van der Waals surface area contributed by atoms with Crippen LogP contribution in [-0.4, -0.2) is 28.3 Å². The third kappa shape index (κ3) is 4.03. The lowest BCUT2D eigenvalue weighted by atomic mass is 9.93. The van der Waals surface area contributed by atoms with Crippen molar-refractivity contribution in [3.8, 4) is 5.75 Å². The molecule has 0 radical (unpaired) electrons. The molecule has 0 saturated heterocycles. The first-order chi connectivity index (χ1) is 11.9. The smallest absolute Gasteiger partial charge is 0.258 e. The van der Waals surface area contributed by atoms with Crippen molar-refractivity contribution in [3.05, 3.63) is 46.8 Å². The van der Waals surface area contributed by atoms with Gasteiger partial charge in [0.05, 0.1) is 6.20 Å². The standard InChI is InChI=1S/C20H27N3O2/c1-13(2)23-19-10-17(7-6-16(19)11-21-23)22-20(24)12-25-18-8-5-14(3)15(4)9-18/h5,8-9,11,13,17H,6-7,10,12H2,1-4H3,(H,22,24). The highest BCUT2D eigenvalue weighted by Crippen LogP contribution is 2.23. The minimum Gasteiger partial charge on any atom is -0.484 e. The minimum absolute atomic E-state index is 0.0509. The van der Waals surface area contributed by atoms with Gasteiger partial charge in [0, 0.05) is 24.2 Å². The molecule has 3 rings (SSSR count). The third-order valence-electron chi connectivity index (χ3n) is 4.89. The largest absolute Gasteiger partial charge is 0.484 e. The molecule has 1 aliphatic carbocycles. The molecule has 5 heteroatoms. The summed E-state index contributed by atoms with van der Waals surface area (Å²) in [4.78, 5) is 12.2. The van der Waals surface area contributed by atoms with E-state index in [1.165, 1.54) is 22.4 Å². The Morgan fingerprint density at radius 2 is 2.16 bits per heavy atom. The van der Waals surface area contributed by atoms with Crippen molar-refractivity contribution in [3.63, 3.8) is 0 Å².